The van der Waals surface area contributed by atoms with E-state index in [-0.39, 0.29) is 5.69 Å². The highest BCUT2D eigenvalue weighted by Crippen LogP contribution is 2.29. The lowest BCUT2D eigenvalue weighted by atomic mass is 10.2. The van der Waals surface area contributed by atoms with E-state index in [9.17, 15) is 10.1 Å². The van der Waals surface area contributed by atoms with Crippen molar-refractivity contribution in [1.29, 1.82) is 0 Å². The molecule has 2 heterocycles. The van der Waals surface area contributed by atoms with Crippen molar-refractivity contribution in [1.82, 2.24) is 19.6 Å². The minimum absolute atomic E-state index is 0.0254. The van der Waals surface area contributed by atoms with Crippen molar-refractivity contribution in [2.24, 2.45) is 0 Å². The molecule has 0 aliphatic carbocycles. The van der Waals surface area contributed by atoms with Gasteiger partial charge in [-0.25, -0.2) is 9.97 Å². The van der Waals surface area contributed by atoms with Crippen LogP contribution < -0.4 is 0 Å². The van der Waals surface area contributed by atoms with Gasteiger partial charge in [0.1, 0.15) is 0 Å². The van der Waals surface area contributed by atoms with E-state index in [1.54, 1.807) is 28.4 Å². The number of thioether (sulfide) groups is 1. The molecule has 152 valence electrons. The van der Waals surface area contributed by atoms with Gasteiger partial charge < -0.3 is 0 Å². The van der Waals surface area contributed by atoms with Crippen LogP contribution >= 0.6 is 23.4 Å². The van der Waals surface area contributed by atoms with Crippen LogP contribution in [0.4, 0.5) is 5.69 Å². The molecule has 0 N–H and O–H groups in total. The van der Waals surface area contributed by atoms with Crippen molar-refractivity contribution in [2.45, 2.75) is 10.9 Å². The summed E-state index contributed by atoms with van der Waals surface area (Å²) in [5.74, 6) is 1.16. The molecule has 5 rings (SSSR count). The zero-order valence-corrected chi connectivity index (χ0v) is 17.5. The van der Waals surface area contributed by atoms with Gasteiger partial charge in [0.25, 0.3) is 5.69 Å². The first kappa shape index (κ1) is 19.5. The summed E-state index contributed by atoms with van der Waals surface area (Å²) in [4.78, 5) is 20.0. The summed E-state index contributed by atoms with van der Waals surface area (Å²) in [5, 5.41) is 17.9. The van der Waals surface area contributed by atoms with Crippen molar-refractivity contribution >= 4 is 45.6 Å². The van der Waals surface area contributed by atoms with Crippen LogP contribution in [0.3, 0.4) is 0 Å². The number of nitro benzene ring substituents is 1. The number of rotatable bonds is 5. The topological polar surface area (TPSA) is 86.2 Å². The maximum absolute atomic E-state index is 10.9. The summed E-state index contributed by atoms with van der Waals surface area (Å²) in [5.41, 5.74) is 3.32. The summed E-state index contributed by atoms with van der Waals surface area (Å²) in [6.45, 7) is 0. The first-order valence-corrected chi connectivity index (χ1v) is 10.7. The van der Waals surface area contributed by atoms with E-state index < -0.39 is 4.92 Å². The van der Waals surface area contributed by atoms with Crippen LogP contribution in [0.5, 0.6) is 0 Å². The molecule has 0 spiro atoms. The second-order valence-corrected chi connectivity index (χ2v) is 8.18. The van der Waals surface area contributed by atoms with Gasteiger partial charge in [-0.15, -0.1) is 5.10 Å². The predicted octanol–water partition coefficient (Wildman–Crippen LogP) is 5.80. The fourth-order valence-electron chi connectivity index (χ4n) is 3.25. The third-order valence-electron chi connectivity index (χ3n) is 4.74. The molecule has 0 aliphatic rings. The average molecular weight is 448 g/mol. The first-order chi connectivity index (χ1) is 15.1. The molecule has 0 radical (unpaired) electrons. The largest absolute Gasteiger partial charge is 0.269 e. The molecule has 3 aromatic carbocycles. The number of para-hydroxylation sites is 1. The highest BCUT2D eigenvalue weighted by Gasteiger charge is 2.16. The van der Waals surface area contributed by atoms with Crippen LogP contribution in [0.15, 0.2) is 78.0 Å². The van der Waals surface area contributed by atoms with Crippen LogP contribution in [0, 0.1) is 10.1 Å². The van der Waals surface area contributed by atoms with Gasteiger partial charge in [-0.2, -0.15) is 4.52 Å². The van der Waals surface area contributed by atoms with Gasteiger partial charge in [0, 0.05) is 33.9 Å². The first-order valence-electron chi connectivity index (χ1n) is 9.36. The molecular formula is C22H14ClN5O2S. The Morgan fingerprint density at radius 1 is 1.00 bits per heavy atom. The third-order valence-corrected chi connectivity index (χ3v) is 5.98. The van der Waals surface area contributed by atoms with Crippen molar-refractivity contribution in [3.63, 3.8) is 0 Å². The zero-order chi connectivity index (χ0) is 21.4. The molecule has 0 saturated heterocycles. The van der Waals surface area contributed by atoms with Crippen LogP contribution in [-0.4, -0.2) is 24.5 Å². The highest BCUT2D eigenvalue weighted by atomic mass is 35.5. The molecule has 5 aromatic rings. The maximum atomic E-state index is 10.9. The highest BCUT2D eigenvalue weighted by molar-refractivity contribution is 7.98. The molecule has 0 amide bonds. The van der Waals surface area contributed by atoms with Gasteiger partial charge in [-0.05, 0) is 42.0 Å². The number of hydrogen-bond acceptors (Lipinski definition) is 6. The molecule has 0 fully saturated rings. The molecule has 2 aromatic heterocycles. The second-order valence-electron chi connectivity index (χ2n) is 6.80. The molecule has 0 saturated carbocycles. The van der Waals surface area contributed by atoms with Gasteiger partial charge in [0.15, 0.2) is 16.6 Å². The average Bonchev–Trinajstić information content (AvgIpc) is 3.23. The van der Waals surface area contributed by atoms with E-state index in [0.717, 1.165) is 16.5 Å². The third kappa shape index (κ3) is 3.83. The Morgan fingerprint density at radius 2 is 1.81 bits per heavy atom. The maximum Gasteiger partial charge on any atom is 0.269 e. The van der Waals surface area contributed by atoms with Crippen molar-refractivity contribution in [3.8, 4) is 11.4 Å². The predicted molar refractivity (Wildman–Crippen MR) is 121 cm³/mol. The molecule has 0 atom stereocenters. The van der Waals surface area contributed by atoms with Crippen molar-refractivity contribution in [3.05, 3.63) is 93.5 Å². The summed E-state index contributed by atoms with van der Waals surface area (Å²) in [6, 6.07) is 21.7. The molecule has 0 bridgehead atoms. The van der Waals surface area contributed by atoms with Crippen LogP contribution in [-0.2, 0) is 5.75 Å². The molecule has 0 aliphatic heterocycles. The van der Waals surface area contributed by atoms with Crippen LogP contribution in [0.1, 0.15) is 5.56 Å². The number of halogens is 1. The van der Waals surface area contributed by atoms with Crippen LogP contribution in [0.25, 0.3) is 27.9 Å². The minimum atomic E-state index is -0.428. The van der Waals surface area contributed by atoms with E-state index >= 15 is 0 Å². The van der Waals surface area contributed by atoms with Crippen LogP contribution in [0.2, 0.25) is 5.02 Å². The fourth-order valence-corrected chi connectivity index (χ4v) is 4.35. The lowest BCUT2D eigenvalue weighted by molar-refractivity contribution is -0.384. The van der Waals surface area contributed by atoms with Gasteiger partial charge >= 0.3 is 0 Å². The van der Waals surface area contributed by atoms with E-state index in [1.807, 2.05) is 48.5 Å². The lowest BCUT2D eigenvalue weighted by Crippen LogP contribution is -1.98. The minimum Gasteiger partial charge on any atom is -0.258 e. The Bertz CT molecular complexity index is 1440. The number of hydrogen-bond donors (Lipinski definition) is 0. The quantitative estimate of drug-likeness (QED) is 0.146. The molecule has 9 heteroatoms. The summed E-state index contributed by atoms with van der Waals surface area (Å²) < 4.78 is 1.73. The molecule has 31 heavy (non-hydrogen) atoms. The number of nitro groups is 1. The Labute approximate surface area is 185 Å². The van der Waals surface area contributed by atoms with E-state index in [4.69, 9.17) is 21.6 Å². The smallest absolute Gasteiger partial charge is 0.258 e. The SMILES string of the molecule is O=[N+]([O-])c1ccc(-c2nc3c4ccccc4nc(SCc4cccc(Cl)c4)n3n2)cc1. The Hall–Kier alpha value is -3.49. The standard InChI is InChI=1S/C22H14ClN5O2S/c23-16-5-3-4-14(12-16)13-31-22-24-19-7-2-1-6-18(19)21-25-20(26-27(21)22)15-8-10-17(11-9-15)28(29)30/h1-12H,13H2. The summed E-state index contributed by atoms with van der Waals surface area (Å²) in [6.07, 6.45) is 0. The van der Waals surface area contributed by atoms with Gasteiger partial charge in [0.2, 0.25) is 0 Å². The molecule has 7 nitrogen and oxygen atoms in total. The molecular weight excluding hydrogens is 434 g/mol. The van der Waals surface area contributed by atoms with Crippen molar-refractivity contribution in [2.75, 3.05) is 0 Å². The lowest BCUT2D eigenvalue weighted by Gasteiger charge is -2.06. The number of aromatic nitrogens is 4. The summed E-state index contributed by atoms with van der Waals surface area (Å²) in [7, 11) is 0. The van der Waals surface area contributed by atoms with Gasteiger partial charge in [0.05, 0.1) is 10.4 Å². The molecule has 0 unspecified atom stereocenters. The monoisotopic (exact) mass is 447 g/mol. The van der Waals surface area contributed by atoms with E-state index in [0.29, 0.717) is 33.0 Å². The van der Waals surface area contributed by atoms with E-state index in [1.165, 1.54) is 12.1 Å². The second kappa shape index (κ2) is 7.98. The number of fused-ring (bicyclic) bond motifs is 3. The fraction of sp³-hybridized carbons (Fsp3) is 0.0455. The Kier molecular flexibility index (Phi) is 5.01. The number of nitrogens with zero attached hydrogens (tertiary/aromatic N) is 5. The van der Waals surface area contributed by atoms with Gasteiger partial charge in [-0.1, -0.05) is 47.6 Å². The Morgan fingerprint density at radius 3 is 2.58 bits per heavy atom. The van der Waals surface area contributed by atoms with Crippen molar-refractivity contribution < 1.29 is 4.92 Å². The van der Waals surface area contributed by atoms with Gasteiger partial charge in [-0.3, -0.25) is 10.1 Å². The van der Waals surface area contributed by atoms with E-state index in [2.05, 4.69) is 5.10 Å². The number of non-ortho nitro benzene ring substituents is 1. The zero-order valence-electron chi connectivity index (χ0n) is 16.0. The normalized spacial score (nSPS) is 11.3. The number of benzene rings is 3. The summed E-state index contributed by atoms with van der Waals surface area (Å²) >= 11 is 7.65. The Balaban J connectivity index is 1.60.